The Labute approximate surface area is 267 Å². The van der Waals surface area contributed by atoms with Crippen molar-refractivity contribution in [3.05, 3.63) is 63.4 Å². The van der Waals surface area contributed by atoms with E-state index in [0.29, 0.717) is 11.3 Å². The molecule has 2 aromatic rings. The number of nitrogens with one attached hydrogen (secondary N) is 1. The fraction of sp³-hybridized carbons (Fsp3) is 0.615. The second kappa shape index (κ2) is 13.0. The number of anilines is 2. The van der Waals surface area contributed by atoms with Crippen molar-refractivity contribution < 1.29 is 0 Å². The molecule has 0 bridgehead atoms. The van der Waals surface area contributed by atoms with Crippen LogP contribution in [0, 0.1) is 18.3 Å². The van der Waals surface area contributed by atoms with Crippen LogP contribution in [-0.2, 0) is 19.4 Å². The minimum absolute atomic E-state index is 0.411. The molecule has 0 amide bonds. The maximum absolute atomic E-state index is 5.33. The minimum Gasteiger partial charge on any atom is -0.371 e. The first kappa shape index (κ1) is 31.4. The second-order valence-corrected chi connectivity index (χ2v) is 15.2. The van der Waals surface area contributed by atoms with Crippen molar-refractivity contribution >= 4 is 11.5 Å². The van der Waals surface area contributed by atoms with Gasteiger partial charge in [-0.1, -0.05) is 63.1 Å². The first-order chi connectivity index (χ1) is 21.1. The predicted molar refractivity (Wildman–Crippen MR) is 187 cm³/mol. The molecule has 1 unspecified atom stereocenters. The quantitative estimate of drug-likeness (QED) is 0.346. The number of piperidine rings is 2. The third kappa shape index (κ3) is 6.65. The number of fused-ring (bicyclic) bond motifs is 1. The normalized spacial score (nSPS) is 23.0. The van der Waals surface area contributed by atoms with Crippen molar-refractivity contribution in [1.29, 1.82) is 0 Å². The van der Waals surface area contributed by atoms with Gasteiger partial charge in [-0.25, -0.2) is 9.99 Å². The Bertz CT molecular complexity index is 1420. The molecule has 44 heavy (non-hydrogen) atoms. The summed E-state index contributed by atoms with van der Waals surface area (Å²) in [6, 6.07) is 7.37. The smallest absolute Gasteiger partial charge is 0.150 e. The zero-order valence-corrected chi connectivity index (χ0v) is 28.8. The fourth-order valence-corrected chi connectivity index (χ4v) is 8.13. The number of nitrogens with zero attached hydrogens (tertiary/aromatic N) is 4. The van der Waals surface area contributed by atoms with E-state index in [9.17, 15) is 0 Å². The molecule has 3 aliphatic heterocycles. The molecule has 5 heteroatoms. The van der Waals surface area contributed by atoms with Crippen LogP contribution in [-0.4, -0.2) is 54.2 Å². The monoisotopic (exact) mass is 595 g/mol. The molecule has 1 aromatic carbocycles. The summed E-state index contributed by atoms with van der Waals surface area (Å²) in [5, 5.41) is 2.43. The highest BCUT2D eigenvalue weighted by atomic mass is 15.5. The van der Waals surface area contributed by atoms with Crippen LogP contribution in [0.5, 0.6) is 0 Å². The summed E-state index contributed by atoms with van der Waals surface area (Å²) in [6.07, 6.45) is 12.0. The third-order valence-corrected chi connectivity index (χ3v) is 11.1. The summed E-state index contributed by atoms with van der Waals surface area (Å²) in [4.78, 5) is 10.7. The summed E-state index contributed by atoms with van der Waals surface area (Å²) in [6.45, 7) is 24.1. The van der Waals surface area contributed by atoms with Gasteiger partial charge in [0, 0.05) is 57.1 Å². The molecule has 0 spiro atoms. The Morgan fingerprint density at radius 1 is 1.00 bits per heavy atom. The van der Waals surface area contributed by atoms with E-state index in [1.54, 1.807) is 11.1 Å². The highest BCUT2D eigenvalue weighted by Crippen LogP contribution is 2.44. The van der Waals surface area contributed by atoms with Crippen LogP contribution in [0.4, 0.5) is 11.5 Å². The summed E-state index contributed by atoms with van der Waals surface area (Å²) < 4.78 is 0. The van der Waals surface area contributed by atoms with Crippen LogP contribution in [0.3, 0.4) is 0 Å². The first-order valence-electron chi connectivity index (χ1n) is 17.6. The van der Waals surface area contributed by atoms with Crippen LogP contribution in [0.15, 0.2) is 41.0 Å². The molecular formula is C39H57N5. The highest BCUT2D eigenvalue weighted by Gasteiger charge is 2.31. The summed E-state index contributed by atoms with van der Waals surface area (Å²) >= 11 is 0. The van der Waals surface area contributed by atoms with Crippen molar-refractivity contribution in [3.63, 3.8) is 0 Å². The van der Waals surface area contributed by atoms with Crippen molar-refractivity contribution in [1.82, 2.24) is 14.9 Å². The number of rotatable bonds is 7. The van der Waals surface area contributed by atoms with Gasteiger partial charge in [0.25, 0.3) is 0 Å². The van der Waals surface area contributed by atoms with Crippen molar-refractivity contribution in [2.45, 2.75) is 106 Å². The van der Waals surface area contributed by atoms with Crippen molar-refractivity contribution in [3.8, 4) is 11.1 Å². The lowest BCUT2D eigenvalue weighted by Gasteiger charge is -2.41. The molecule has 4 heterocycles. The molecule has 0 radical (unpaired) electrons. The maximum atomic E-state index is 5.33. The van der Waals surface area contributed by atoms with E-state index in [-0.39, 0.29) is 0 Å². The lowest BCUT2D eigenvalue weighted by atomic mass is 9.82. The Balaban J connectivity index is 1.37. The van der Waals surface area contributed by atoms with Gasteiger partial charge in [-0.2, -0.15) is 0 Å². The molecule has 1 aromatic heterocycles. The number of hydrazine groups is 1. The number of aryl methyl sites for hydroxylation is 1. The van der Waals surface area contributed by atoms with Gasteiger partial charge in [-0.05, 0) is 111 Å². The Hall–Kier alpha value is -2.63. The molecule has 5 nitrogen and oxygen atoms in total. The lowest BCUT2D eigenvalue weighted by Crippen LogP contribution is -2.40. The van der Waals surface area contributed by atoms with Gasteiger partial charge < -0.3 is 10.3 Å². The van der Waals surface area contributed by atoms with Crippen molar-refractivity contribution in [2.24, 2.45) is 11.3 Å². The van der Waals surface area contributed by atoms with E-state index < -0.39 is 0 Å². The summed E-state index contributed by atoms with van der Waals surface area (Å²) in [5.41, 5.74) is 18.6. The fourth-order valence-electron chi connectivity index (χ4n) is 8.13. The predicted octanol–water partition coefficient (Wildman–Crippen LogP) is 8.72. The van der Waals surface area contributed by atoms with Crippen LogP contribution in [0.2, 0.25) is 0 Å². The SMILES string of the molecule is CCc1c(C)nc(NN2CCCC(C)C2)c(-c2ccc3c(c2)CCN(CC2=C(C)CCC=C2C)C3)c1N1CCC(C)(C)CC1. The number of hydrogen-bond donors (Lipinski definition) is 1. The molecule has 2 fully saturated rings. The van der Waals surface area contributed by atoms with Gasteiger partial charge in [-0.3, -0.25) is 4.90 Å². The number of aromatic nitrogens is 1. The molecule has 1 aliphatic carbocycles. The zero-order chi connectivity index (χ0) is 31.0. The topological polar surface area (TPSA) is 34.6 Å². The standard InChI is InChI=1S/C39H57N5/c1-8-34-30(5)40-38(41-44-19-10-11-27(2)24-44)36(37(34)43-21-17-39(6,7)18-22-43)32-14-15-33-25-42(20-16-31(33)23-32)26-35-28(3)12-9-13-29(35)4/h12,14-15,23,27H,8-11,13,16-22,24-26H2,1-7H3,(H,40,41). The van der Waals surface area contributed by atoms with Crippen LogP contribution in [0.1, 0.15) is 102 Å². The second-order valence-electron chi connectivity index (χ2n) is 15.2. The van der Waals surface area contributed by atoms with E-state index in [4.69, 9.17) is 4.98 Å². The van der Waals surface area contributed by atoms with Crippen LogP contribution >= 0.6 is 0 Å². The third-order valence-electron chi connectivity index (χ3n) is 11.1. The van der Waals surface area contributed by atoms with Gasteiger partial charge >= 0.3 is 0 Å². The summed E-state index contributed by atoms with van der Waals surface area (Å²) in [7, 11) is 0. The van der Waals surface area contributed by atoms with Gasteiger partial charge in [0.1, 0.15) is 0 Å². The molecule has 4 aliphatic rings. The summed E-state index contributed by atoms with van der Waals surface area (Å²) in [5.74, 6) is 1.76. The lowest BCUT2D eigenvalue weighted by molar-refractivity contribution is 0.218. The van der Waals surface area contributed by atoms with Crippen LogP contribution < -0.4 is 10.3 Å². The van der Waals surface area contributed by atoms with E-state index in [1.165, 1.54) is 83.3 Å². The first-order valence-corrected chi connectivity index (χ1v) is 17.6. The Morgan fingerprint density at radius 3 is 2.52 bits per heavy atom. The maximum Gasteiger partial charge on any atom is 0.150 e. The van der Waals surface area contributed by atoms with E-state index in [0.717, 1.165) is 64.5 Å². The van der Waals surface area contributed by atoms with E-state index in [2.05, 4.69) is 93.0 Å². The van der Waals surface area contributed by atoms with Crippen LogP contribution in [0.25, 0.3) is 11.1 Å². The van der Waals surface area contributed by atoms with E-state index in [1.807, 2.05) is 0 Å². The number of allylic oxidation sites excluding steroid dienone is 2. The number of benzene rings is 1. The van der Waals surface area contributed by atoms with Gasteiger partial charge in [0.05, 0.1) is 5.69 Å². The molecule has 1 N–H and O–H groups in total. The molecule has 2 saturated heterocycles. The number of pyridine rings is 1. The molecule has 238 valence electrons. The van der Waals surface area contributed by atoms with Gasteiger partial charge in [0.2, 0.25) is 0 Å². The highest BCUT2D eigenvalue weighted by molar-refractivity contribution is 5.90. The van der Waals surface area contributed by atoms with Gasteiger partial charge in [-0.15, -0.1) is 0 Å². The minimum atomic E-state index is 0.411. The van der Waals surface area contributed by atoms with Crippen molar-refractivity contribution in [2.75, 3.05) is 49.6 Å². The molecular weight excluding hydrogens is 538 g/mol. The Morgan fingerprint density at radius 2 is 1.80 bits per heavy atom. The van der Waals surface area contributed by atoms with Gasteiger partial charge in [0.15, 0.2) is 5.82 Å². The average Bonchev–Trinajstić information content (AvgIpc) is 2.99. The molecule has 1 atom stereocenters. The zero-order valence-electron chi connectivity index (χ0n) is 28.8. The van der Waals surface area contributed by atoms with E-state index >= 15 is 0 Å². The Kier molecular flexibility index (Phi) is 9.27. The largest absolute Gasteiger partial charge is 0.371 e. The molecule has 0 saturated carbocycles. The average molecular weight is 596 g/mol. The number of hydrogen-bond acceptors (Lipinski definition) is 5. The molecule has 6 rings (SSSR count).